The van der Waals surface area contributed by atoms with E-state index in [1.54, 1.807) is 42.4 Å². The van der Waals surface area contributed by atoms with Crippen molar-refractivity contribution in [1.82, 2.24) is 10.2 Å². The van der Waals surface area contributed by atoms with Gasteiger partial charge in [0.2, 0.25) is 5.91 Å². The highest BCUT2D eigenvalue weighted by atomic mass is 35.5. The third-order valence-electron chi connectivity index (χ3n) is 5.96. The van der Waals surface area contributed by atoms with E-state index in [9.17, 15) is 14.4 Å². The number of benzene rings is 1. The normalized spacial score (nSPS) is 25.1. The maximum atomic E-state index is 13.1. The Morgan fingerprint density at radius 3 is 2.70 bits per heavy atom. The smallest absolute Gasteiger partial charge is 0.318 e. The van der Waals surface area contributed by atoms with Crippen LogP contribution in [0.1, 0.15) is 12.8 Å². The van der Waals surface area contributed by atoms with Gasteiger partial charge in [-0.3, -0.25) is 9.59 Å². The van der Waals surface area contributed by atoms with Crippen LogP contribution < -0.4 is 15.5 Å². The van der Waals surface area contributed by atoms with Gasteiger partial charge >= 0.3 is 6.03 Å². The molecule has 2 fully saturated rings. The summed E-state index contributed by atoms with van der Waals surface area (Å²) in [4.78, 5) is 41.2. The van der Waals surface area contributed by atoms with Gasteiger partial charge in [-0.05, 0) is 36.8 Å². The first-order chi connectivity index (χ1) is 15.9. The lowest BCUT2D eigenvalue weighted by atomic mass is 10.1. The highest BCUT2D eigenvalue weighted by molar-refractivity contribution is 6.31. The molecule has 0 saturated carbocycles. The summed E-state index contributed by atoms with van der Waals surface area (Å²) in [5.74, 6) is -0.385. The number of nitrogens with one attached hydrogen (secondary N) is 2. The predicted octanol–water partition coefficient (Wildman–Crippen LogP) is 2.24. The van der Waals surface area contributed by atoms with Crippen LogP contribution in [-0.4, -0.2) is 74.3 Å². The number of carbonyl (C=O) groups is 3. The average molecular weight is 475 g/mol. The first-order valence-electron chi connectivity index (χ1n) is 10.9. The Labute approximate surface area is 197 Å². The molecule has 176 valence electrons. The minimum absolute atomic E-state index is 0.0682. The van der Waals surface area contributed by atoms with E-state index >= 15 is 0 Å². The van der Waals surface area contributed by atoms with Crippen LogP contribution in [0.4, 0.5) is 16.2 Å². The Morgan fingerprint density at radius 1 is 1.24 bits per heavy atom. The maximum absolute atomic E-state index is 13.1. The summed E-state index contributed by atoms with van der Waals surface area (Å²) in [6.07, 6.45) is 6.19. The fourth-order valence-electron chi connectivity index (χ4n) is 4.13. The number of anilines is 2. The second kappa shape index (κ2) is 10.4. The van der Waals surface area contributed by atoms with Crippen molar-refractivity contribution < 1.29 is 23.9 Å². The number of nitrogens with zero attached hydrogens (tertiary/aromatic N) is 2. The van der Waals surface area contributed by atoms with Gasteiger partial charge in [0.15, 0.2) is 0 Å². The van der Waals surface area contributed by atoms with Gasteiger partial charge in [0.05, 0.1) is 18.8 Å². The number of morpholine rings is 1. The van der Waals surface area contributed by atoms with E-state index < -0.39 is 6.04 Å². The summed E-state index contributed by atoms with van der Waals surface area (Å²) in [5, 5.41) is 6.46. The van der Waals surface area contributed by atoms with Crippen LogP contribution in [0.15, 0.2) is 47.5 Å². The van der Waals surface area contributed by atoms with E-state index in [2.05, 4.69) is 10.6 Å². The van der Waals surface area contributed by atoms with Crippen LogP contribution in [-0.2, 0) is 19.1 Å². The van der Waals surface area contributed by atoms with E-state index in [1.807, 2.05) is 12.2 Å². The Morgan fingerprint density at radius 2 is 2.03 bits per heavy atom. The van der Waals surface area contributed by atoms with Gasteiger partial charge in [0, 0.05) is 43.0 Å². The summed E-state index contributed by atoms with van der Waals surface area (Å²) in [6, 6.07) is 5.88. The van der Waals surface area contributed by atoms with Crippen LogP contribution in [0.2, 0.25) is 0 Å². The van der Waals surface area contributed by atoms with E-state index in [4.69, 9.17) is 21.1 Å². The van der Waals surface area contributed by atoms with Crippen molar-refractivity contribution in [3.8, 4) is 0 Å². The van der Waals surface area contributed by atoms with Gasteiger partial charge in [-0.1, -0.05) is 23.8 Å². The summed E-state index contributed by atoms with van der Waals surface area (Å²) in [5.41, 5.74) is 1.33. The number of amides is 4. The van der Waals surface area contributed by atoms with E-state index in [0.29, 0.717) is 43.3 Å². The van der Waals surface area contributed by atoms with Crippen LogP contribution in [0.3, 0.4) is 0 Å². The van der Waals surface area contributed by atoms with Crippen molar-refractivity contribution in [2.75, 3.05) is 43.6 Å². The first kappa shape index (κ1) is 23.3. The lowest BCUT2D eigenvalue weighted by Crippen LogP contribution is -2.50. The molecule has 0 bridgehead atoms. The SMILES string of the molecule is CO[C@@H]1C[C@H](C(=O)Nc2ccc(N3CCOCC3=O)cc2)N(C(=O)NC2C=CC(Cl)=CC2)C1. The fraction of sp³-hybridized carbons (Fsp3) is 0.435. The molecular formula is C23H27ClN4O5. The number of carbonyl (C=O) groups excluding carboxylic acids is 3. The summed E-state index contributed by atoms with van der Waals surface area (Å²) >= 11 is 5.94. The molecule has 2 heterocycles. The topological polar surface area (TPSA) is 100 Å². The van der Waals surface area contributed by atoms with Crippen molar-refractivity contribution in [3.63, 3.8) is 0 Å². The predicted molar refractivity (Wildman–Crippen MR) is 124 cm³/mol. The van der Waals surface area contributed by atoms with Gasteiger partial charge in [-0.25, -0.2) is 4.79 Å². The third-order valence-corrected chi connectivity index (χ3v) is 6.24. The monoisotopic (exact) mass is 474 g/mol. The molecule has 4 amide bonds. The van der Waals surface area contributed by atoms with E-state index in [0.717, 1.165) is 5.69 Å². The minimum atomic E-state index is -0.665. The van der Waals surface area contributed by atoms with Crippen molar-refractivity contribution in [2.24, 2.45) is 0 Å². The lowest BCUT2D eigenvalue weighted by molar-refractivity contribution is -0.125. The molecule has 0 aromatic heterocycles. The number of hydrogen-bond donors (Lipinski definition) is 2. The molecule has 2 saturated heterocycles. The molecule has 9 nitrogen and oxygen atoms in total. The maximum Gasteiger partial charge on any atom is 0.318 e. The summed E-state index contributed by atoms with van der Waals surface area (Å²) in [7, 11) is 1.57. The van der Waals surface area contributed by atoms with Crippen molar-refractivity contribution in [3.05, 3.63) is 47.5 Å². The zero-order chi connectivity index (χ0) is 23.4. The zero-order valence-electron chi connectivity index (χ0n) is 18.3. The van der Waals surface area contributed by atoms with Crippen LogP contribution in [0.5, 0.6) is 0 Å². The molecule has 1 unspecified atom stereocenters. The molecule has 2 N–H and O–H groups in total. The highest BCUT2D eigenvalue weighted by Gasteiger charge is 2.40. The van der Waals surface area contributed by atoms with E-state index in [1.165, 1.54) is 4.90 Å². The fourth-order valence-corrected chi connectivity index (χ4v) is 4.29. The highest BCUT2D eigenvalue weighted by Crippen LogP contribution is 2.24. The summed E-state index contributed by atoms with van der Waals surface area (Å²) < 4.78 is 10.6. The Kier molecular flexibility index (Phi) is 7.32. The molecule has 2 aliphatic heterocycles. The van der Waals surface area contributed by atoms with Crippen molar-refractivity contribution in [2.45, 2.75) is 31.0 Å². The number of rotatable bonds is 5. The van der Waals surface area contributed by atoms with Gasteiger partial charge in [-0.2, -0.15) is 0 Å². The van der Waals surface area contributed by atoms with Gasteiger partial charge in [0.1, 0.15) is 12.6 Å². The Balaban J connectivity index is 1.39. The van der Waals surface area contributed by atoms with Gasteiger partial charge in [0.25, 0.3) is 5.91 Å². The quantitative estimate of drug-likeness (QED) is 0.681. The number of methoxy groups -OCH3 is 1. The lowest BCUT2D eigenvalue weighted by Gasteiger charge is -2.27. The first-order valence-corrected chi connectivity index (χ1v) is 11.2. The Bertz CT molecular complexity index is 964. The van der Waals surface area contributed by atoms with Crippen LogP contribution >= 0.6 is 11.6 Å². The molecule has 0 radical (unpaired) electrons. The van der Waals surface area contributed by atoms with Crippen LogP contribution in [0, 0.1) is 0 Å². The number of allylic oxidation sites excluding steroid dienone is 2. The second-order valence-corrected chi connectivity index (χ2v) is 8.57. The second-order valence-electron chi connectivity index (χ2n) is 8.14. The zero-order valence-corrected chi connectivity index (χ0v) is 19.1. The molecular weight excluding hydrogens is 448 g/mol. The molecule has 1 aromatic carbocycles. The number of hydrogen-bond acceptors (Lipinski definition) is 5. The number of halogens is 1. The molecule has 10 heteroatoms. The molecule has 0 spiro atoms. The molecule has 3 aliphatic rings. The molecule has 33 heavy (non-hydrogen) atoms. The van der Waals surface area contributed by atoms with E-state index in [-0.39, 0.29) is 36.6 Å². The minimum Gasteiger partial charge on any atom is -0.380 e. The van der Waals surface area contributed by atoms with Gasteiger partial charge in [-0.15, -0.1) is 0 Å². The molecule has 4 rings (SSSR count). The Hall–Kier alpha value is -2.88. The number of likely N-dealkylation sites (tertiary alicyclic amines) is 1. The van der Waals surface area contributed by atoms with Gasteiger partial charge < -0.3 is 29.9 Å². The number of urea groups is 1. The summed E-state index contributed by atoms with van der Waals surface area (Å²) in [6.45, 7) is 1.38. The average Bonchev–Trinajstić information content (AvgIpc) is 3.27. The third kappa shape index (κ3) is 5.55. The van der Waals surface area contributed by atoms with Crippen molar-refractivity contribution in [1.29, 1.82) is 0 Å². The van der Waals surface area contributed by atoms with Crippen LogP contribution in [0.25, 0.3) is 0 Å². The molecule has 1 aliphatic carbocycles. The largest absolute Gasteiger partial charge is 0.380 e. The molecule has 3 atom stereocenters. The molecule has 1 aromatic rings. The standard InChI is InChI=1S/C23H27ClN4O5/c1-32-19-12-20(28(13-19)23(31)26-17-4-2-15(24)3-5-17)22(30)25-16-6-8-18(9-7-16)27-10-11-33-14-21(27)29/h2-4,6-9,17,19-20H,5,10-14H2,1H3,(H,25,30)(H,26,31)/t17?,19-,20-/m1/s1. The van der Waals surface area contributed by atoms with Crippen molar-refractivity contribution >= 4 is 40.8 Å². The number of ether oxygens (including phenoxy) is 2.